The van der Waals surface area contributed by atoms with Crippen molar-refractivity contribution in [1.29, 1.82) is 0 Å². The van der Waals surface area contributed by atoms with Gasteiger partial charge in [-0.05, 0) is 58.9 Å². The second-order valence-corrected chi connectivity index (χ2v) is 6.03. The van der Waals surface area contributed by atoms with E-state index < -0.39 is 0 Å². The van der Waals surface area contributed by atoms with Crippen molar-refractivity contribution in [2.45, 2.75) is 12.8 Å². The van der Waals surface area contributed by atoms with Crippen molar-refractivity contribution in [2.24, 2.45) is 0 Å². The van der Waals surface area contributed by atoms with Gasteiger partial charge in [0.1, 0.15) is 0 Å². The second kappa shape index (κ2) is 4.44. The van der Waals surface area contributed by atoms with Crippen LogP contribution < -0.4 is 4.90 Å². The second-order valence-electron chi connectivity index (χ2n) is 6.03. The summed E-state index contributed by atoms with van der Waals surface area (Å²) in [5.41, 5.74) is 10.0. The molecular weight excluding hydrogens is 268 g/mol. The monoisotopic (exact) mass is 284 g/mol. The molecule has 0 saturated carbocycles. The molecule has 0 spiro atoms. The van der Waals surface area contributed by atoms with Crippen molar-refractivity contribution in [3.05, 3.63) is 77.6 Å². The molecule has 106 valence electrons. The summed E-state index contributed by atoms with van der Waals surface area (Å²) in [6.07, 6.45) is 5.96. The topological polar surface area (TPSA) is 16.1 Å². The molecule has 2 aliphatic rings. The smallest absolute Gasteiger partial charge is 0.0447 e. The van der Waals surface area contributed by atoms with E-state index in [1.807, 2.05) is 12.4 Å². The van der Waals surface area contributed by atoms with Crippen LogP contribution in [0.15, 0.2) is 60.9 Å². The van der Waals surface area contributed by atoms with Gasteiger partial charge >= 0.3 is 0 Å². The fraction of sp³-hybridized carbons (Fsp3) is 0.150. The molecule has 2 nitrogen and oxygen atoms in total. The molecule has 2 heteroatoms. The molecule has 2 aromatic carbocycles. The van der Waals surface area contributed by atoms with E-state index in [1.165, 1.54) is 39.2 Å². The van der Waals surface area contributed by atoms with Crippen LogP contribution in [0.2, 0.25) is 0 Å². The first-order valence-electron chi connectivity index (χ1n) is 7.82. The van der Waals surface area contributed by atoms with Crippen molar-refractivity contribution in [1.82, 2.24) is 4.98 Å². The predicted molar refractivity (Wildman–Crippen MR) is 89.6 cm³/mol. The number of rotatable bonds is 1. The van der Waals surface area contributed by atoms with E-state index in [2.05, 4.69) is 58.4 Å². The van der Waals surface area contributed by atoms with Crippen LogP contribution in [0.1, 0.15) is 16.7 Å². The molecule has 0 fully saturated rings. The highest BCUT2D eigenvalue weighted by atomic mass is 15.2. The molecule has 0 amide bonds. The van der Waals surface area contributed by atoms with E-state index in [0.29, 0.717) is 0 Å². The zero-order valence-corrected chi connectivity index (χ0v) is 12.3. The van der Waals surface area contributed by atoms with Crippen LogP contribution in [-0.2, 0) is 12.8 Å². The zero-order valence-electron chi connectivity index (χ0n) is 12.3. The molecule has 3 aromatic rings. The molecule has 0 unspecified atom stereocenters. The largest absolute Gasteiger partial charge is 0.341 e. The number of anilines is 2. The van der Waals surface area contributed by atoms with Crippen LogP contribution in [0.4, 0.5) is 11.4 Å². The first kappa shape index (κ1) is 12.0. The van der Waals surface area contributed by atoms with Crippen LogP contribution in [0.3, 0.4) is 0 Å². The number of hydrogen-bond donors (Lipinski definition) is 0. The van der Waals surface area contributed by atoms with Crippen LogP contribution in [0.25, 0.3) is 11.1 Å². The molecule has 22 heavy (non-hydrogen) atoms. The van der Waals surface area contributed by atoms with Crippen LogP contribution in [-0.4, -0.2) is 11.5 Å². The van der Waals surface area contributed by atoms with Gasteiger partial charge < -0.3 is 4.90 Å². The maximum atomic E-state index is 4.13. The lowest BCUT2D eigenvalue weighted by atomic mass is 9.99. The minimum Gasteiger partial charge on any atom is -0.341 e. The molecule has 0 bridgehead atoms. The summed E-state index contributed by atoms with van der Waals surface area (Å²) in [6, 6.07) is 17.6. The minimum atomic E-state index is 1.06. The quantitative estimate of drug-likeness (QED) is 0.516. The van der Waals surface area contributed by atoms with Gasteiger partial charge in [-0.2, -0.15) is 0 Å². The van der Waals surface area contributed by atoms with Gasteiger partial charge in [0.05, 0.1) is 0 Å². The van der Waals surface area contributed by atoms with Gasteiger partial charge in [-0.1, -0.05) is 30.3 Å². The van der Waals surface area contributed by atoms with E-state index in [9.17, 15) is 0 Å². The SMILES string of the molecule is c1ccc2c(c1)Cc1c-2ccc2c1CCN2c1ccncc1. The Morgan fingerprint density at radius 3 is 2.59 bits per heavy atom. The summed E-state index contributed by atoms with van der Waals surface area (Å²) < 4.78 is 0. The van der Waals surface area contributed by atoms with E-state index in [0.717, 1.165) is 19.4 Å². The third-order valence-electron chi connectivity index (χ3n) is 4.93. The molecule has 5 rings (SSSR count). The highest BCUT2D eigenvalue weighted by Gasteiger charge is 2.28. The highest BCUT2D eigenvalue weighted by molar-refractivity contribution is 5.83. The first-order chi connectivity index (χ1) is 10.9. The fourth-order valence-electron chi connectivity index (χ4n) is 3.93. The Bertz CT molecular complexity index is 868. The molecule has 0 atom stereocenters. The Balaban J connectivity index is 1.65. The highest BCUT2D eigenvalue weighted by Crippen LogP contribution is 2.45. The number of pyridine rings is 1. The summed E-state index contributed by atoms with van der Waals surface area (Å²) in [7, 11) is 0. The summed E-state index contributed by atoms with van der Waals surface area (Å²) in [6.45, 7) is 1.06. The Labute approximate surface area is 130 Å². The average Bonchev–Trinajstić information content (AvgIpc) is 3.16. The van der Waals surface area contributed by atoms with E-state index in [-0.39, 0.29) is 0 Å². The van der Waals surface area contributed by atoms with E-state index >= 15 is 0 Å². The van der Waals surface area contributed by atoms with Crippen molar-refractivity contribution < 1.29 is 0 Å². The standard InChI is InChI=1S/C20H16N2/c1-2-4-16-14(3-1)13-19-17(16)5-6-20-18(19)9-12-22(20)15-7-10-21-11-8-15/h1-8,10-11H,9,12-13H2. The molecule has 1 aliphatic carbocycles. The van der Waals surface area contributed by atoms with Crippen molar-refractivity contribution in [2.75, 3.05) is 11.4 Å². The van der Waals surface area contributed by atoms with Crippen molar-refractivity contribution in [3.8, 4) is 11.1 Å². The maximum absolute atomic E-state index is 4.13. The molecule has 1 aromatic heterocycles. The van der Waals surface area contributed by atoms with Gasteiger partial charge in [0, 0.05) is 30.3 Å². The van der Waals surface area contributed by atoms with Crippen LogP contribution >= 0.6 is 0 Å². The lowest BCUT2D eigenvalue weighted by molar-refractivity contribution is 0.988. The Hall–Kier alpha value is -2.61. The lowest BCUT2D eigenvalue weighted by Crippen LogP contribution is -2.12. The Morgan fingerprint density at radius 2 is 1.68 bits per heavy atom. The van der Waals surface area contributed by atoms with Gasteiger partial charge in [0.15, 0.2) is 0 Å². The van der Waals surface area contributed by atoms with Gasteiger partial charge in [0.2, 0.25) is 0 Å². The van der Waals surface area contributed by atoms with Gasteiger partial charge in [0.25, 0.3) is 0 Å². The van der Waals surface area contributed by atoms with E-state index in [4.69, 9.17) is 0 Å². The minimum absolute atomic E-state index is 1.06. The summed E-state index contributed by atoms with van der Waals surface area (Å²) >= 11 is 0. The summed E-state index contributed by atoms with van der Waals surface area (Å²) in [4.78, 5) is 6.55. The Morgan fingerprint density at radius 1 is 0.818 bits per heavy atom. The fourth-order valence-corrected chi connectivity index (χ4v) is 3.93. The molecule has 0 N–H and O–H groups in total. The first-order valence-corrected chi connectivity index (χ1v) is 7.82. The third-order valence-corrected chi connectivity index (χ3v) is 4.93. The number of benzene rings is 2. The van der Waals surface area contributed by atoms with Gasteiger partial charge in [-0.3, -0.25) is 4.98 Å². The molecular formula is C20H16N2. The Kier molecular flexibility index (Phi) is 2.42. The number of aromatic nitrogens is 1. The summed E-state index contributed by atoms with van der Waals surface area (Å²) in [5, 5.41) is 0. The molecule has 1 aliphatic heterocycles. The van der Waals surface area contributed by atoms with Crippen LogP contribution in [0.5, 0.6) is 0 Å². The van der Waals surface area contributed by atoms with Crippen molar-refractivity contribution in [3.63, 3.8) is 0 Å². The van der Waals surface area contributed by atoms with E-state index in [1.54, 1.807) is 0 Å². The third kappa shape index (κ3) is 1.58. The van der Waals surface area contributed by atoms with Crippen molar-refractivity contribution >= 4 is 11.4 Å². The number of nitrogens with zero attached hydrogens (tertiary/aromatic N) is 2. The predicted octanol–water partition coefficient (Wildman–Crippen LogP) is 4.35. The number of hydrogen-bond acceptors (Lipinski definition) is 2. The number of fused-ring (bicyclic) bond motifs is 5. The summed E-state index contributed by atoms with van der Waals surface area (Å²) in [5.74, 6) is 0. The normalized spacial score (nSPS) is 14.6. The maximum Gasteiger partial charge on any atom is 0.0447 e. The lowest BCUT2D eigenvalue weighted by Gasteiger charge is -2.19. The van der Waals surface area contributed by atoms with Gasteiger partial charge in [-0.25, -0.2) is 0 Å². The molecule has 0 saturated heterocycles. The van der Waals surface area contributed by atoms with Gasteiger partial charge in [-0.15, -0.1) is 0 Å². The average molecular weight is 284 g/mol. The van der Waals surface area contributed by atoms with Crippen LogP contribution in [0, 0.1) is 0 Å². The molecule has 2 heterocycles. The zero-order chi connectivity index (χ0) is 14.5. The molecule has 0 radical (unpaired) electrons.